The topological polar surface area (TPSA) is 38.7 Å². The summed E-state index contributed by atoms with van der Waals surface area (Å²) in [6, 6.07) is 0. The summed E-state index contributed by atoms with van der Waals surface area (Å²) in [6.07, 6.45) is 47.9. The first-order valence-electron chi connectivity index (χ1n) is 20.2. The van der Waals surface area contributed by atoms with E-state index in [1.54, 1.807) is 6.42 Å². The van der Waals surface area contributed by atoms with Crippen LogP contribution in [0.1, 0.15) is 218 Å². The summed E-state index contributed by atoms with van der Waals surface area (Å²) in [7, 11) is 0. The van der Waals surface area contributed by atoms with Gasteiger partial charge >= 0.3 is 0 Å². The Morgan fingerprint density at radius 1 is 0.442 bits per heavy atom. The van der Waals surface area contributed by atoms with Crippen LogP contribution in [0.4, 0.5) is 0 Å². The van der Waals surface area contributed by atoms with E-state index in [0.717, 1.165) is 37.9 Å². The van der Waals surface area contributed by atoms with E-state index >= 15 is 0 Å². The molecule has 256 valence electrons. The molecule has 1 saturated carbocycles. The standard InChI is InChI=1S/C40H78O3/c41-34-26-21-17-13-9-5-1-3-7-11-15-19-23-29-38-32-33-39(37-38)30-24-20-16-12-8-4-2-6-10-14-18-22-27-35-42-40-31-25-28-36-43-40/h38-41H,1-37H2/t38-,39-,40?/m0/s1. The third-order valence-electron chi connectivity index (χ3n) is 10.6. The van der Waals surface area contributed by atoms with E-state index in [9.17, 15) is 0 Å². The summed E-state index contributed by atoms with van der Waals surface area (Å²) in [5.74, 6) is 2.14. The number of unbranched alkanes of at least 4 members (excludes halogenated alkanes) is 24. The SMILES string of the molecule is OCCCCCCCCCCCCCCC[C@H]1CC[C@H](CCCCCCCCCCCCCCCOC2CCCCO2)C1. The molecule has 2 aliphatic rings. The Labute approximate surface area is 270 Å². The average molecular weight is 607 g/mol. The molecule has 1 aliphatic heterocycles. The van der Waals surface area contributed by atoms with Crippen LogP contribution in [0.2, 0.25) is 0 Å². The van der Waals surface area contributed by atoms with Crippen LogP contribution in [0, 0.1) is 11.8 Å². The van der Waals surface area contributed by atoms with Crippen LogP contribution in [-0.4, -0.2) is 31.2 Å². The van der Waals surface area contributed by atoms with Crippen LogP contribution in [0.25, 0.3) is 0 Å². The first-order valence-corrected chi connectivity index (χ1v) is 20.2. The fourth-order valence-electron chi connectivity index (χ4n) is 7.73. The van der Waals surface area contributed by atoms with Crippen molar-refractivity contribution in [2.75, 3.05) is 19.8 Å². The van der Waals surface area contributed by atoms with Gasteiger partial charge in [0.05, 0.1) is 0 Å². The van der Waals surface area contributed by atoms with Gasteiger partial charge in [0, 0.05) is 19.8 Å². The van der Waals surface area contributed by atoms with E-state index in [2.05, 4.69) is 0 Å². The van der Waals surface area contributed by atoms with Crippen LogP contribution >= 0.6 is 0 Å². The number of rotatable bonds is 32. The molecule has 3 nitrogen and oxygen atoms in total. The Bertz CT molecular complexity index is 546. The van der Waals surface area contributed by atoms with Gasteiger partial charge in [-0.05, 0) is 50.4 Å². The van der Waals surface area contributed by atoms with Crippen molar-refractivity contribution in [3.8, 4) is 0 Å². The second-order valence-electron chi connectivity index (χ2n) is 14.7. The molecule has 2 rings (SSSR count). The predicted octanol–water partition coefficient (Wildman–Crippen LogP) is 12.9. The fraction of sp³-hybridized carbons (Fsp3) is 1.00. The second-order valence-corrected chi connectivity index (χ2v) is 14.7. The number of ether oxygens (including phenoxy) is 2. The molecule has 2 fully saturated rings. The van der Waals surface area contributed by atoms with E-state index in [1.807, 2.05) is 0 Å². The molecule has 3 heteroatoms. The molecule has 0 aromatic carbocycles. The van der Waals surface area contributed by atoms with Crippen molar-refractivity contribution in [3.63, 3.8) is 0 Å². The van der Waals surface area contributed by atoms with Crippen LogP contribution < -0.4 is 0 Å². The lowest BCUT2D eigenvalue weighted by Crippen LogP contribution is -2.22. The van der Waals surface area contributed by atoms with Gasteiger partial charge in [0.15, 0.2) is 6.29 Å². The molecular formula is C40H78O3. The normalized spacial score (nSPS) is 20.7. The van der Waals surface area contributed by atoms with Gasteiger partial charge in [0.2, 0.25) is 0 Å². The van der Waals surface area contributed by atoms with Crippen molar-refractivity contribution in [2.45, 2.75) is 225 Å². The summed E-state index contributed by atoms with van der Waals surface area (Å²) < 4.78 is 11.5. The highest BCUT2D eigenvalue weighted by Crippen LogP contribution is 2.37. The maximum absolute atomic E-state index is 8.82. The Hall–Kier alpha value is -0.120. The monoisotopic (exact) mass is 607 g/mol. The number of aliphatic hydroxyl groups excluding tert-OH is 1. The van der Waals surface area contributed by atoms with Gasteiger partial charge in [-0.3, -0.25) is 0 Å². The molecule has 1 N–H and O–H groups in total. The Morgan fingerprint density at radius 3 is 1.23 bits per heavy atom. The summed E-state index contributed by atoms with van der Waals surface area (Å²) in [4.78, 5) is 0. The molecule has 0 aromatic heterocycles. The molecule has 0 aromatic rings. The molecule has 0 amide bonds. The van der Waals surface area contributed by atoms with Crippen molar-refractivity contribution in [1.29, 1.82) is 0 Å². The van der Waals surface area contributed by atoms with Crippen molar-refractivity contribution < 1.29 is 14.6 Å². The van der Waals surface area contributed by atoms with Crippen molar-refractivity contribution in [1.82, 2.24) is 0 Å². The highest BCUT2D eigenvalue weighted by Gasteiger charge is 2.23. The van der Waals surface area contributed by atoms with Crippen molar-refractivity contribution in [2.24, 2.45) is 11.8 Å². The molecule has 3 atom stereocenters. The zero-order chi connectivity index (χ0) is 30.3. The molecule has 0 bridgehead atoms. The van der Waals surface area contributed by atoms with Crippen molar-refractivity contribution >= 4 is 0 Å². The predicted molar refractivity (Wildman–Crippen MR) is 187 cm³/mol. The molecule has 0 spiro atoms. The third kappa shape index (κ3) is 24.7. The number of hydrogen-bond donors (Lipinski definition) is 1. The first-order chi connectivity index (χ1) is 21.4. The summed E-state index contributed by atoms with van der Waals surface area (Å²) in [5, 5.41) is 8.82. The molecule has 1 saturated heterocycles. The lowest BCUT2D eigenvalue weighted by Gasteiger charge is -2.22. The third-order valence-corrected chi connectivity index (χ3v) is 10.6. The molecule has 1 unspecified atom stereocenters. The van der Waals surface area contributed by atoms with Crippen LogP contribution in [0.3, 0.4) is 0 Å². The van der Waals surface area contributed by atoms with E-state index in [4.69, 9.17) is 14.6 Å². The molecular weight excluding hydrogens is 528 g/mol. The van der Waals surface area contributed by atoms with E-state index in [0.29, 0.717) is 6.61 Å². The summed E-state index contributed by atoms with van der Waals surface area (Å²) in [5.41, 5.74) is 0. The van der Waals surface area contributed by atoms with Gasteiger partial charge in [-0.25, -0.2) is 0 Å². The van der Waals surface area contributed by atoms with E-state index < -0.39 is 0 Å². The molecule has 0 radical (unpaired) electrons. The summed E-state index contributed by atoms with van der Waals surface area (Å²) >= 11 is 0. The van der Waals surface area contributed by atoms with Crippen LogP contribution in [0.15, 0.2) is 0 Å². The van der Waals surface area contributed by atoms with Gasteiger partial charge in [0.25, 0.3) is 0 Å². The minimum Gasteiger partial charge on any atom is -0.396 e. The van der Waals surface area contributed by atoms with Crippen molar-refractivity contribution in [3.05, 3.63) is 0 Å². The lowest BCUT2D eigenvalue weighted by molar-refractivity contribution is -0.162. The van der Waals surface area contributed by atoms with Gasteiger partial charge in [-0.15, -0.1) is 0 Å². The minimum absolute atomic E-state index is 0.0962. The maximum atomic E-state index is 8.82. The minimum atomic E-state index is 0.0962. The van der Waals surface area contributed by atoms with Gasteiger partial charge in [0.1, 0.15) is 0 Å². The quantitative estimate of drug-likeness (QED) is 0.0774. The molecule has 1 aliphatic carbocycles. The zero-order valence-electron chi connectivity index (χ0n) is 29.2. The molecule has 1 heterocycles. The Balaban J connectivity index is 1.21. The smallest absolute Gasteiger partial charge is 0.157 e. The van der Waals surface area contributed by atoms with E-state index in [1.165, 1.54) is 199 Å². The number of hydrogen-bond acceptors (Lipinski definition) is 3. The van der Waals surface area contributed by atoms with Crippen LogP contribution in [-0.2, 0) is 9.47 Å². The van der Waals surface area contributed by atoms with E-state index in [-0.39, 0.29) is 6.29 Å². The Kier molecular flexibility index (Phi) is 27.7. The first kappa shape index (κ1) is 39.1. The van der Waals surface area contributed by atoms with Gasteiger partial charge in [-0.2, -0.15) is 0 Å². The zero-order valence-corrected chi connectivity index (χ0v) is 29.2. The largest absolute Gasteiger partial charge is 0.396 e. The second kappa shape index (κ2) is 30.5. The fourth-order valence-corrected chi connectivity index (χ4v) is 7.73. The van der Waals surface area contributed by atoms with Gasteiger partial charge < -0.3 is 14.6 Å². The highest BCUT2D eigenvalue weighted by molar-refractivity contribution is 4.75. The maximum Gasteiger partial charge on any atom is 0.157 e. The van der Waals surface area contributed by atoms with Crippen LogP contribution in [0.5, 0.6) is 0 Å². The molecule has 43 heavy (non-hydrogen) atoms. The highest BCUT2D eigenvalue weighted by atomic mass is 16.7. The Morgan fingerprint density at radius 2 is 0.837 bits per heavy atom. The lowest BCUT2D eigenvalue weighted by atomic mass is 9.95. The summed E-state index contributed by atoms with van der Waals surface area (Å²) in [6.45, 7) is 2.15. The number of aliphatic hydroxyl groups is 1. The van der Waals surface area contributed by atoms with Gasteiger partial charge in [-0.1, -0.05) is 180 Å². The average Bonchev–Trinajstić information content (AvgIpc) is 3.49.